The number of pyridine rings is 1. The minimum Gasteiger partial charge on any atom is -0.455 e. The second kappa shape index (κ2) is 10.6. The van der Waals surface area contributed by atoms with Crippen LogP contribution in [0.1, 0.15) is 43.4 Å². The molecule has 0 unspecified atom stereocenters. The van der Waals surface area contributed by atoms with Crippen molar-refractivity contribution in [3.05, 3.63) is 77.5 Å². The molecule has 2 amide bonds. The summed E-state index contributed by atoms with van der Waals surface area (Å²) in [6.07, 6.45) is -0.477. The fourth-order valence-corrected chi connectivity index (χ4v) is 4.69. The highest BCUT2D eigenvalue weighted by Crippen LogP contribution is 2.39. The van der Waals surface area contributed by atoms with Gasteiger partial charge in [-0.25, -0.2) is 0 Å². The van der Waals surface area contributed by atoms with Gasteiger partial charge in [-0.1, -0.05) is 12.1 Å². The zero-order valence-corrected chi connectivity index (χ0v) is 21.9. The molecule has 4 rings (SSSR count). The predicted molar refractivity (Wildman–Crippen MR) is 137 cm³/mol. The van der Waals surface area contributed by atoms with E-state index in [-0.39, 0.29) is 24.1 Å². The van der Waals surface area contributed by atoms with Crippen LogP contribution in [0.25, 0.3) is 0 Å². The minimum absolute atomic E-state index is 0.162. The van der Waals surface area contributed by atoms with Crippen LogP contribution in [-0.2, 0) is 35.3 Å². The Morgan fingerprint density at radius 2 is 1.76 bits per heavy atom. The third-order valence-corrected chi connectivity index (χ3v) is 6.79. The average Bonchev–Trinajstić information content (AvgIpc) is 3.35. The van der Waals surface area contributed by atoms with E-state index in [4.69, 9.17) is 4.42 Å². The van der Waals surface area contributed by atoms with Gasteiger partial charge in [0, 0.05) is 39.1 Å². The molecule has 1 aromatic carbocycles. The van der Waals surface area contributed by atoms with Crippen LogP contribution in [0, 0.1) is 5.41 Å². The van der Waals surface area contributed by atoms with Crippen molar-refractivity contribution >= 4 is 23.2 Å². The summed E-state index contributed by atoms with van der Waals surface area (Å²) in [5.41, 5.74) is 1.89. The molecular weight excluding hydrogens is 497 g/mol. The largest absolute Gasteiger partial charge is 0.455 e. The van der Waals surface area contributed by atoms with Crippen molar-refractivity contribution < 1.29 is 27.2 Å². The molecule has 1 aliphatic heterocycles. The van der Waals surface area contributed by atoms with Crippen molar-refractivity contribution in [3.8, 4) is 0 Å². The number of rotatable bonds is 8. The lowest BCUT2D eigenvalue weighted by atomic mass is 9.90. The molecule has 0 radical (unpaired) electrons. The molecule has 3 aromatic rings. The molecule has 0 saturated heterocycles. The summed E-state index contributed by atoms with van der Waals surface area (Å²) in [6.45, 7) is 6.61. The van der Waals surface area contributed by atoms with Gasteiger partial charge in [0.15, 0.2) is 0 Å². The monoisotopic (exact) mass is 528 g/mol. The molecule has 38 heavy (non-hydrogen) atoms. The Kier molecular flexibility index (Phi) is 7.64. The molecule has 0 aliphatic carbocycles. The number of alkyl halides is 3. The van der Waals surface area contributed by atoms with Gasteiger partial charge < -0.3 is 14.2 Å². The number of fused-ring (bicyclic) bond motifs is 1. The Morgan fingerprint density at radius 3 is 2.39 bits per heavy atom. The van der Waals surface area contributed by atoms with Crippen molar-refractivity contribution in [1.29, 1.82) is 0 Å². The number of carbonyl (C=O) groups excluding carboxylic acids is 2. The normalized spacial score (nSPS) is 15.7. The van der Waals surface area contributed by atoms with Crippen molar-refractivity contribution in [2.45, 2.75) is 46.5 Å². The van der Waals surface area contributed by atoms with Gasteiger partial charge in [0.25, 0.3) is 0 Å². The van der Waals surface area contributed by atoms with Crippen LogP contribution >= 0.6 is 0 Å². The van der Waals surface area contributed by atoms with Gasteiger partial charge in [-0.3, -0.25) is 19.5 Å². The Labute approximate surface area is 219 Å². The van der Waals surface area contributed by atoms with Crippen LogP contribution < -0.4 is 9.80 Å². The molecule has 7 nitrogen and oxygen atoms in total. The quantitative estimate of drug-likeness (QED) is 0.372. The highest BCUT2D eigenvalue weighted by atomic mass is 19.4. The summed E-state index contributed by atoms with van der Waals surface area (Å²) in [4.78, 5) is 35.6. The lowest BCUT2D eigenvalue weighted by Gasteiger charge is -2.27. The maximum Gasteiger partial charge on any atom is 0.449 e. The molecular formula is C28H31F3N4O3. The SMILES string of the molecule is CCN1C(=O)C(C)(C)C(=O)N(C)c2cc(CN(CCc3cccnc3)Cc3ccc(C(F)(F)F)o3)ccc21. The Bertz CT molecular complexity index is 1300. The van der Waals surface area contributed by atoms with Crippen LogP contribution in [0.2, 0.25) is 0 Å². The molecule has 0 fully saturated rings. The highest BCUT2D eigenvalue weighted by molar-refractivity contribution is 6.19. The Balaban J connectivity index is 1.63. The van der Waals surface area contributed by atoms with Crippen LogP contribution in [0.4, 0.5) is 24.5 Å². The molecule has 1 aliphatic rings. The molecule has 3 heterocycles. The zero-order chi connectivity index (χ0) is 27.7. The third-order valence-electron chi connectivity index (χ3n) is 6.79. The van der Waals surface area contributed by atoms with Gasteiger partial charge >= 0.3 is 6.18 Å². The smallest absolute Gasteiger partial charge is 0.449 e. The number of carbonyl (C=O) groups is 2. The number of aromatic nitrogens is 1. The first kappa shape index (κ1) is 27.4. The summed E-state index contributed by atoms with van der Waals surface area (Å²) in [7, 11) is 1.65. The molecule has 0 spiro atoms. The number of hydrogen-bond acceptors (Lipinski definition) is 5. The van der Waals surface area contributed by atoms with Crippen molar-refractivity contribution in [1.82, 2.24) is 9.88 Å². The number of anilines is 2. The van der Waals surface area contributed by atoms with Crippen molar-refractivity contribution in [3.63, 3.8) is 0 Å². The van der Waals surface area contributed by atoms with Gasteiger partial charge in [-0.05, 0) is 68.7 Å². The summed E-state index contributed by atoms with van der Waals surface area (Å²) in [5, 5.41) is 0. The topological polar surface area (TPSA) is 69.9 Å². The van der Waals surface area contributed by atoms with Crippen molar-refractivity contribution in [2.75, 3.05) is 29.9 Å². The van der Waals surface area contributed by atoms with Gasteiger partial charge in [-0.2, -0.15) is 13.2 Å². The van der Waals surface area contributed by atoms with Crippen LogP contribution in [0.5, 0.6) is 0 Å². The lowest BCUT2D eigenvalue weighted by molar-refractivity contribution is -0.153. The van der Waals surface area contributed by atoms with E-state index in [0.29, 0.717) is 37.4 Å². The molecule has 0 saturated carbocycles. The zero-order valence-electron chi connectivity index (χ0n) is 21.9. The fourth-order valence-electron chi connectivity index (χ4n) is 4.69. The first-order valence-electron chi connectivity index (χ1n) is 12.4. The van der Waals surface area contributed by atoms with Gasteiger partial charge in [0.1, 0.15) is 11.2 Å². The first-order chi connectivity index (χ1) is 17.9. The molecule has 0 atom stereocenters. The second-order valence-corrected chi connectivity index (χ2v) is 9.95. The van der Waals surface area contributed by atoms with Gasteiger partial charge in [0.2, 0.25) is 17.6 Å². The molecule has 0 N–H and O–H groups in total. The number of hydrogen-bond donors (Lipinski definition) is 0. The molecule has 0 bridgehead atoms. The van der Waals surface area contributed by atoms with Gasteiger partial charge in [0.05, 0.1) is 17.9 Å². The minimum atomic E-state index is -4.55. The number of amides is 2. The summed E-state index contributed by atoms with van der Waals surface area (Å²) >= 11 is 0. The second-order valence-electron chi connectivity index (χ2n) is 9.95. The maximum atomic E-state index is 13.2. The molecule has 202 valence electrons. The Morgan fingerprint density at radius 1 is 1.00 bits per heavy atom. The summed E-state index contributed by atoms with van der Waals surface area (Å²) < 4.78 is 44.3. The van der Waals surface area contributed by atoms with E-state index in [1.807, 2.05) is 42.2 Å². The third kappa shape index (κ3) is 5.60. The van der Waals surface area contributed by atoms with E-state index in [2.05, 4.69) is 4.98 Å². The summed E-state index contributed by atoms with van der Waals surface area (Å²) in [5.74, 6) is -1.40. The molecule has 2 aromatic heterocycles. The van der Waals surface area contributed by atoms with Crippen molar-refractivity contribution in [2.24, 2.45) is 5.41 Å². The van der Waals surface area contributed by atoms with Crippen LogP contribution in [0.3, 0.4) is 0 Å². The lowest BCUT2D eigenvalue weighted by Crippen LogP contribution is -2.47. The standard InChI is InChI=1S/C28H31F3N4O3/c1-5-35-22-10-8-20(15-23(22)33(4)25(36)27(2,3)26(35)37)17-34(14-12-19-7-6-13-32-16-19)18-21-9-11-24(38-21)28(29,30)31/h6-11,13,15-16H,5,12,14,17-18H2,1-4H3. The maximum absolute atomic E-state index is 13.2. The number of halogens is 3. The van der Waals surface area contributed by atoms with Crippen LogP contribution in [0.15, 0.2) is 59.3 Å². The van der Waals surface area contributed by atoms with Gasteiger partial charge in [-0.15, -0.1) is 0 Å². The number of benzene rings is 1. The van der Waals surface area contributed by atoms with Crippen LogP contribution in [-0.4, -0.2) is 41.8 Å². The predicted octanol–water partition coefficient (Wildman–Crippen LogP) is 5.29. The average molecular weight is 529 g/mol. The van der Waals surface area contributed by atoms with E-state index in [9.17, 15) is 22.8 Å². The fraction of sp³-hybridized carbons (Fsp3) is 0.393. The van der Waals surface area contributed by atoms with E-state index in [1.54, 1.807) is 38.2 Å². The summed E-state index contributed by atoms with van der Waals surface area (Å²) in [6, 6.07) is 11.6. The number of nitrogens with zero attached hydrogens (tertiary/aromatic N) is 4. The number of furan rings is 1. The van der Waals surface area contributed by atoms with E-state index < -0.39 is 17.4 Å². The first-order valence-corrected chi connectivity index (χ1v) is 12.4. The molecule has 10 heteroatoms. The highest BCUT2D eigenvalue weighted by Gasteiger charge is 2.45. The van der Waals surface area contributed by atoms with E-state index in [1.165, 1.54) is 11.0 Å². The van der Waals surface area contributed by atoms with E-state index >= 15 is 0 Å². The van der Waals surface area contributed by atoms with E-state index in [0.717, 1.165) is 17.2 Å². The Hall–Kier alpha value is -3.66.